The summed E-state index contributed by atoms with van der Waals surface area (Å²) in [5.41, 5.74) is 0.575. The van der Waals surface area contributed by atoms with Gasteiger partial charge in [-0.25, -0.2) is 0 Å². The molecule has 0 atom stereocenters. The minimum absolute atomic E-state index is 0.575. The van der Waals surface area contributed by atoms with Crippen LogP contribution in [0.15, 0.2) is 60.7 Å². The second kappa shape index (κ2) is 7.23. The fourth-order valence-electron chi connectivity index (χ4n) is 3.63. The third kappa shape index (κ3) is 2.89. The van der Waals surface area contributed by atoms with E-state index in [-0.39, 0.29) is 0 Å². The fraction of sp³-hybridized carbons (Fsp3) is 0.368. The lowest BCUT2D eigenvalue weighted by Gasteiger charge is -2.40. The molecule has 2 nitrogen and oxygen atoms in total. The molecule has 0 N–H and O–H groups in total. The lowest BCUT2D eigenvalue weighted by Crippen LogP contribution is -2.64. The minimum atomic E-state index is -2.23. The van der Waals surface area contributed by atoms with Crippen LogP contribution < -0.4 is 10.4 Å². The maximum Gasteiger partial charge on any atom is 0.258 e. The van der Waals surface area contributed by atoms with Crippen LogP contribution in [-0.4, -0.2) is 28.1 Å². The second-order valence-electron chi connectivity index (χ2n) is 5.79. The van der Waals surface area contributed by atoms with Gasteiger partial charge in [0.05, 0.1) is 0 Å². The van der Waals surface area contributed by atoms with Gasteiger partial charge in [0.1, 0.15) is 0 Å². The molecule has 1 aliphatic heterocycles. The first kappa shape index (κ1) is 15.5. The van der Waals surface area contributed by atoms with Crippen LogP contribution in [0.3, 0.4) is 0 Å². The third-order valence-electron chi connectivity index (χ3n) is 4.57. The number of ether oxygens (including phenoxy) is 1. The highest BCUT2D eigenvalue weighted by molar-refractivity contribution is 6.98. The highest BCUT2D eigenvalue weighted by Gasteiger charge is 2.47. The van der Waals surface area contributed by atoms with Gasteiger partial charge in [0, 0.05) is 19.8 Å². The van der Waals surface area contributed by atoms with Gasteiger partial charge in [-0.1, -0.05) is 60.7 Å². The van der Waals surface area contributed by atoms with Crippen LogP contribution in [0.2, 0.25) is 5.54 Å². The van der Waals surface area contributed by atoms with Crippen LogP contribution in [0.5, 0.6) is 0 Å². The maximum atomic E-state index is 6.62. The number of rotatable bonds is 5. The predicted octanol–water partition coefficient (Wildman–Crippen LogP) is 2.96. The number of hydrogen-bond acceptors (Lipinski definition) is 2. The molecular weight excluding hydrogens is 288 g/mol. The molecule has 3 rings (SSSR count). The molecule has 1 saturated heterocycles. The quantitative estimate of drug-likeness (QED) is 0.790. The first-order chi connectivity index (χ1) is 10.9. The summed E-state index contributed by atoms with van der Waals surface area (Å²) in [5.74, 6) is 0. The smallest absolute Gasteiger partial charge is 0.258 e. The lowest BCUT2D eigenvalue weighted by molar-refractivity contribution is 0.0920. The first-order valence-electron chi connectivity index (χ1n) is 8.20. The van der Waals surface area contributed by atoms with E-state index in [1.807, 2.05) is 0 Å². The molecule has 0 unspecified atom stereocenters. The molecule has 3 heteroatoms. The molecule has 1 fully saturated rings. The van der Waals surface area contributed by atoms with Gasteiger partial charge >= 0.3 is 0 Å². The van der Waals surface area contributed by atoms with Crippen LogP contribution >= 0.6 is 0 Å². The molecule has 0 spiro atoms. The van der Waals surface area contributed by atoms with Crippen LogP contribution in [0.4, 0.5) is 0 Å². The van der Waals surface area contributed by atoms with Crippen LogP contribution in [0.25, 0.3) is 0 Å². The normalized spacial score (nSPS) is 16.6. The van der Waals surface area contributed by atoms with Crippen molar-refractivity contribution in [2.24, 2.45) is 0 Å². The largest absolute Gasteiger partial charge is 0.408 e. The van der Waals surface area contributed by atoms with Crippen molar-refractivity contribution in [2.45, 2.75) is 25.3 Å². The average molecular weight is 312 g/mol. The van der Waals surface area contributed by atoms with Crippen molar-refractivity contribution >= 4 is 18.7 Å². The van der Waals surface area contributed by atoms with E-state index in [1.165, 1.54) is 10.4 Å². The van der Waals surface area contributed by atoms with Gasteiger partial charge in [0.15, 0.2) is 0 Å². The maximum absolute atomic E-state index is 6.62. The first-order valence-corrected chi connectivity index (χ1v) is 10.2. The zero-order valence-corrected chi connectivity index (χ0v) is 14.2. The molecule has 2 aromatic rings. The van der Waals surface area contributed by atoms with Gasteiger partial charge in [-0.15, -0.1) is 0 Å². The summed E-state index contributed by atoms with van der Waals surface area (Å²) in [6.45, 7) is 4.58. The van der Waals surface area contributed by atoms with E-state index in [0.29, 0.717) is 5.54 Å². The van der Waals surface area contributed by atoms with Crippen LogP contribution in [0, 0.1) is 0 Å². The Morgan fingerprint density at radius 2 is 1.41 bits per heavy atom. The van der Waals surface area contributed by atoms with Crippen LogP contribution in [-0.2, 0) is 9.16 Å². The molecule has 22 heavy (non-hydrogen) atoms. The molecule has 116 valence electrons. The van der Waals surface area contributed by atoms with Gasteiger partial charge < -0.3 is 9.16 Å². The Kier molecular flexibility index (Phi) is 5.08. The van der Waals surface area contributed by atoms with E-state index in [9.17, 15) is 0 Å². The Labute approximate surface area is 134 Å². The molecular formula is C19H24O2Si. The summed E-state index contributed by atoms with van der Waals surface area (Å²) in [7, 11) is -2.23. The SMILES string of the molecule is CCO[Si](c1ccccc1)(c1ccccc1)C1CCOCC1. The standard InChI is InChI=1S/C19H24O2Si/c1-2-21-22(17-9-5-3-6-10-17,18-11-7-4-8-12-18)19-13-15-20-16-14-19/h3-12,19H,2,13-16H2,1H3. The Hall–Kier alpha value is -1.42. The summed E-state index contributed by atoms with van der Waals surface area (Å²) < 4.78 is 12.2. The van der Waals surface area contributed by atoms with Crippen molar-refractivity contribution in [3.05, 3.63) is 60.7 Å². The van der Waals surface area contributed by atoms with E-state index < -0.39 is 8.32 Å². The van der Waals surface area contributed by atoms with Crippen molar-refractivity contribution in [1.29, 1.82) is 0 Å². The molecule has 0 aromatic heterocycles. The Bertz CT molecular complexity index is 525. The summed E-state index contributed by atoms with van der Waals surface area (Å²) >= 11 is 0. The van der Waals surface area contributed by atoms with Gasteiger partial charge in [-0.05, 0) is 35.7 Å². The van der Waals surface area contributed by atoms with Crippen molar-refractivity contribution in [1.82, 2.24) is 0 Å². The van der Waals surface area contributed by atoms with Gasteiger partial charge in [0.25, 0.3) is 8.32 Å². The summed E-state index contributed by atoms with van der Waals surface area (Å²) in [6, 6.07) is 21.7. The van der Waals surface area contributed by atoms with E-state index in [4.69, 9.17) is 9.16 Å². The zero-order chi connectivity index (χ0) is 15.3. The Balaban J connectivity index is 2.13. The average Bonchev–Trinajstić information content (AvgIpc) is 2.62. The second-order valence-corrected chi connectivity index (χ2v) is 9.52. The summed E-state index contributed by atoms with van der Waals surface area (Å²) in [5, 5.41) is 2.77. The van der Waals surface area contributed by atoms with Crippen molar-refractivity contribution < 1.29 is 9.16 Å². The predicted molar refractivity (Wildman–Crippen MR) is 93.3 cm³/mol. The van der Waals surface area contributed by atoms with Crippen molar-refractivity contribution in [3.63, 3.8) is 0 Å². The molecule has 0 bridgehead atoms. The van der Waals surface area contributed by atoms with E-state index in [1.54, 1.807) is 0 Å². The van der Waals surface area contributed by atoms with Crippen molar-refractivity contribution in [2.75, 3.05) is 19.8 Å². The molecule has 0 radical (unpaired) electrons. The van der Waals surface area contributed by atoms with E-state index in [2.05, 4.69) is 67.6 Å². The molecule has 2 aromatic carbocycles. The van der Waals surface area contributed by atoms with Gasteiger partial charge in [-0.2, -0.15) is 0 Å². The van der Waals surface area contributed by atoms with Gasteiger partial charge in [0.2, 0.25) is 0 Å². The molecule has 1 aliphatic rings. The summed E-state index contributed by atoms with van der Waals surface area (Å²) in [6.07, 6.45) is 2.19. The monoisotopic (exact) mass is 312 g/mol. The van der Waals surface area contributed by atoms with E-state index >= 15 is 0 Å². The molecule has 1 heterocycles. The third-order valence-corrected chi connectivity index (χ3v) is 9.43. The minimum Gasteiger partial charge on any atom is -0.408 e. The van der Waals surface area contributed by atoms with Gasteiger partial charge in [-0.3, -0.25) is 0 Å². The summed E-state index contributed by atoms with van der Waals surface area (Å²) in [4.78, 5) is 0. The fourth-order valence-corrected chi connectivity index (χ4v) is 8.35. The topological polar surface area (TPSA) is 18.5 Å². The number of hydrogen-bond donors (Lipinski definition) is 0. The van der Waals surface area contributed by atoms with Crippen molar-refractivity contribution in [3.8, 4) is 0 Å². The zero-order valence-electron chi connectivity index (χ0n) is 13.2. The molecule has 0 amide bonds. The lowest BCUT2D eigenvalue weighted by atomic mass is 10.2. The van der Waals surface area contributed by atoms with E-state index in [0.717, 1.165) is 32.7 Å². The van der Waals surface area contributed by atoms with Crippen LogP contribution in [0.1, 0.15) is 19.8 Å². The molecule has 0 saturated carbocycles. The highest BCUT2D eigenvalue weighted by atomic mass is 28.4. The Morgan fingerprint density at radius 3 is 1.86 bits per heavy atom. The molecule has 0 aliphatic carbocycles. The highest BCUT2D eigenvalue weighted by Crippen LogP contribution is 2.32. The Morgan fingerprint density at radius 1 is 0.909 bits per heavy atom. The number of benzene rings is 2.